The Morgan fingerprint density at radius 1 is 0.919 bits per heavy atom. The van der Waals surface area contributed by atoms with E-state index < -0.39 is 72.6 Å². The molecule has 0 aliphatic rings. The highest BCUT2D eigenvalue weighted by molar-refractivity contribution is 5.94. The second-order valence-electron chi connectivity index (χ2n) is 8.98. The molecule has 206 valence electrons. The monoisotopic (exact) mass is 525 g/mol. The molecule has 0 fully saturated rings. The molecular formula is C22H35N7O8. The molecule has 0 bridgehead atoms. The lowest BCUT2D eigenvalue weighted by Gasteiger charge is -2.25. The molecule has 1 rings (SSSR count). The van der Waals surface area contributed by atoms with Gasteiger partial charge in [0.2, 0.25) is 23.6 Å². The Morgan fingerprint density at radius 2 is 1.49 bits per heavy atom. The van der Waals surface area contributed by atoms with E-state index in [1.54, 1.807) is 0 Å². The van der Waals surface area contributed by atoms with Crippen LogP contribution in [0, 0.1) is 5.92 Å². The molecule has 0 aliphatic heterocycles. The van der Waals surface area contributed by atoms with E-state index in [1.807, 2.05) is 13.8 Å². The Kier molecular flexibility index (Phi) is 12.7. The van der Waals surface area contributed by atoms with Crippen LogP contribution in [0.15, 0.2) is 12.5 Å². The molecule has 1 aromatic rings. The predicted molar refractivity (Wildman–Crippen MR) is 128 cm³/mol. The number of nitrogens with zero attached hydrogens (tertiary/aromatic N) is 1. The van der Waals surface area contributed by atoms with Gasteiger partial charge in [-0.15, -0.1) is 0 Å². The van der Waals surface area contributed by atoms with Gasteiger partial charge in [-0.25, -0.2) is 9.78 Å². The van der Waals surface area contributed by atoms with E-state index in [4.69, 9.17) is 16.6 Å². The van der Waals surface area contributed by atoms with Crippen molar-refractivity contribution in [3.63, 3.8) is 0 Å². The predicted octanol–water partition coefficient (Wildman–Crippen LogP) is -2.01. The van der Waals surface area contributed by atoms with E-state index in [0.717, 1.165) is 0 Å². The summed E-state index contributed by atoms with van der Waals surface area (Å²) in [6, 6.07) is -5.04. The zero-order valence-corrected chi connectivity index (χ0v) is 20.7. The van der Waals surface area contributed by atoms with Crippen LogP contribution in [0.5, 0.6) is 0 Å². The van der Waals surface area contributed by atoms with Gasteiger partial charge in [0.15, 0.2) is 0 Å². The first kappa shape index (κ1) is 31.0. The normalized spacial score (nSPS) is 14.2. The molecule has 0 aromatic carbocycles. The third kappa shape index (κ3) is 12.0. The molecule has 1 aromatic heterocycles. The number of H-pyrrole nitrogens is 1. The number of amides is 4. The Labute approximate surface area is 213 Å². The fraction of sp³-hybridized carbons (Fsp3) is 0.591. The lowest BCUT2D eigenvalue weighted by Crippen LogP contribution is -2.57. The maximum Gasteiger partial charge on any atom is 0.326 e. The molecule has 4 unspecified atom stereocenters. The Bertz CT molecular complexity index is 951. The molecule has 0 saturated heterocycles. The minimum Gasteiger partial charge on any atom is -0.481 e. The highest BCUT2D eigenvalue weighted by atomic mass is 16.4. The van der Waals surface area contributed by atoms with Crippen molar-refractivity contribution in [2.24, 2.45) is 17.4 Å². The summed E-state index contributed by atoms with van der Waals surface area (Å²) in [6.45, 7) is 3.76. The largest absolute Gasteiger partial charge is 0.481 e. The summed E-state index contributed by atoms with van der Waals surface area (Å²) in [4.78, 5) is 78.8. The maximum atomic E-state index is 13.2. The van der Waals surface area contributed by atoms with Crippen LogP contribution in [0.1, 0.15) is 51.6 Å². The van der Waals surface area contributed by atoms with E-state index in [1.165, 1.54) is 12.5 Å². The third-order valence-electron chi connectivity index (χ3n) is 5.25. The van der Waals surface area contributed by atoms with Gasteiger partial charge in [0.1, 0.15) is 18.1 Å². The summed E-state index contributed by atoms with van der Waals surface area (Å²) in [6.07, 6.45) is 1.63. The number of primary amides is 1. The van der Waals surface area contributed by atoms with E-state index in [9.17, 15) is 33.9 Å². The van der Waals surface area contributed by atoms with Gasteiger partial charge in [0.25, 0.3) is 0 Å². The first-order valence-electron chi connectivity index (χ1n) is 11.7. The second-order valence-corrected chi connectivity index (χ2v) is 8.98. The van der Waals surface area contributed by atoms with Gasteiger partial charge in [-0.3, -0.25) is 24.0 Å². The van der Waals surface area contributed by atoms with Gasteiger partial charge in [-0.05, 0) is 25.2 Å². The molecule has 0 saturated carbocycles. The van der Waals surface area contributed by atoms with Gasteiger partial charge in [-0.2, -0.15) is 0 Å². The standard InChI is InChI=1S/C22H35N7O8/c1-11(2)7-13(23)19(33)29-16(8-12-9-25-10-26-12)21(35)27-14(3-5-17(24)30)20(34)28-15(22(36)37)4-6-18(31)32/h9-11,13-16H,3-8,23H2,1-2H3,(H2,24,30)(H,25,26)(H,27,35)(H,28,34)(H,29,33)(H,31,32)(H,36,37). The summed E-state index contributed by atoms with van der Waals surface area (Å²) in [5, 5.41) is 25.3. The quantitative estimate of drug-likeness (QED) is 0.111. The number of carbonyl (C=O) groups excluding carboxylic acids is 4. The number of hydrogen-bond acceptors (Lipinski definition) is 8. The van der Waals surface area contributed by atoms with Crippen molar-refractivity contribution in [1.29, 1.82) is 0 Å². The number of rotatable bonds is 17. The van der Waals surface area contributed by atoms with Crippen LogP contribution in [0.4, 0.5) is 0 Å². The minimum atomic E-state index is -1.55. The number of carbonyl (C=O) groups is 6. The zero-order chi connectivity index (χ0) is 28.1. The molecule has 4 amide bonds. The third-order valence-corrected chi connectivity index (χ3v) is 5.25. The number of carboxylic acid groups (broad SMARTS) is 2. The van der Waals surface area contributed by atoms with Crippen molar-refractivity contribution in [2.45, 2.75) is 76.5 Å². The van der Waals surface area contributed by atoms with Gasteiger partial charge in [0.05, 0.1) is 12.4 Å². The SMILES string of the molecule is CC(C)CC(N)C(=O)NC(Cc1cnc[nH]1)C(=O)NC(CCC(N)=O)C(=O)NC(CCC(=O)O)C(=O)O. The number of carboxylic acids is 2. The van der Waals surface area contributed by atoms with Crippen molar-refractivity contribution < 1.29 is 39.0 Å². The molecule has 0 radical (unpaired) electrons. The summed E-state index contributed by atoms with van der Waals surface area (Å²) >= 11 is 0. The summed E-state index contributed by atoms with van der Waals surface area (Å²) < 4.78 is 0. The number of aliphatic carboxylic acids is 2. The van der Waals surface area contributed by atoms with Crippen molar-refractivity contribution >= 4 is 35.6 Å². The first-order chi connectivity index (χ1) is 17.3. The van der Waals surface area contributed by atoms with Crippen molar-refractivity contribution in [3.8, 4) is 0 Å². The van der Waals surface area contributed by atoms with Gasteiger partial charge >= 0.3 is 11.9 Å². The van der Waals surface area contributed by atoms with Crippen LogP contribution >= 0.6 is 0 Å². The van der Waals surface area contributed by atoms with Crippen LogP contribution in [-0.4, -0.2) is 79.9 Å². The van der Waals surface area contributed by atoms with Crippen LogP contribution in [0.25, 0.3) is 0 Å². The average Bonchev–Trinajstić information content (AvgIpc) is 3.30. The van der Waals surface area contributed by atoms with Crippen molar-refractivity contribution in [2.75, 3.05) is 0 Å². The van der Waals surface area contributed by atoms with Crippen molar-refractivity contribution in [1.82, 2.24) is 25.9 Å². The molecule has 1 heterocycles. The van der Waals surface area contributed by atoms with Gasteiger partial charge in [0, 0.05) is 31.2 Å². The number of nitrogens with two attached hydrogens (primary N) is 2. The lowest BCUT2D eigenvalue weighted by atomic mass is 10.0. The molecule has 0 aliphatic carbocycles. The number of imidazole rings is 1. The van der Waals surface area contributed by atoms with E-state index in [2.05, 4.69) is 25.9 Å². The summed E-state index contributed by atoms with van der Waals surface area (Å²) in [7, 11) is 0. The smallest absolute Gasteiger partial charge is 0.326 e. The fourth-order valence-electron chi connectivity index (χ4n) is 3.34. The lowest BCUT2D eigenvalue weighted by molar-refractivity contribution is -0.143. The minimum absolute atomic E-state index is 0.0352. The second kappa shape index (κ2) is 15.2. The number of aromatic amines is 1. The first-order valence-corrected chi connectivity index (χ1v) is 11.7. The van der Waals surface area contributed by atoms with Gasteiger partial charge < -0.3 is 42.6 Å². The molecule has 37 heavy (non-hydrogen) atoms. The number of hydrogen-bond donors (Lipinski definition) is 8. The van der Waals surface area contributed by atoms with Crippen LogP contribution < -0.4 is 27.4 Å². The summed E-state index contributed by atoms with van der Waals surface area (Å²) in [5.41, 5.74) is 11.6. The van der Waals surface area contributed by atoms with Crippen molar-refractivity contribution in [3.05, 3.63) is 18.2 Å². The Morgan fingerprint density at radius 3 is 2.00 bits per heavy atom. The van der Waals surface area contributed by atoms with Crippen LogP contribution in [-0.2, 0) is 35.2 Å². The number of aromatic nitrogens is 2. The zero-order valence-electron chi connectivity index (χ0n) is 20.7. The Hall–Kier alpha value is -4.01. The fourth-order valence-corrected chi connectivity index (χ4v) is 3.34. The molecular weight excluding hydrogens is 490 g/mol. The Balaban J connectivity index is 3.07. The highest BCUT2D eigenvalue weighted by Gasteiger charge is 2.31. The van der Waals surface area contributed by atoms with Gasteiger partial charge in [-0.1, -0.05) is 13.8 Å². The average molecular weight is 526 g/mol. The molecule has 15 heteroatoms. The number of nitrogens with one attached hydrogen (secondary N) is 4. The molecule has 0 spiro atoms. The van der Waals surface area contributed by atoms with Crippen LogP contribution in [0.3, 0.4) is 0 Å². The highest BCUT2D eigenvalue weighted by Crippen LogP contribution is 2.07. The van der Waals surface area contributed by atoms with E-state index in [-0.39, 0.29) is 25.2 Å². The van der Waals surface area contributed by atoms with E-state index in [0.29, 0.717) is 12.1 Å². The topological polar surface area (TPSA) is 260 Å². The molecule has 10 N–H and O–H groups in total. The van der Waals surface area contributed by atoms with Crippen LogP contribution in [0.2, 0.25) is 0 Å². The van der Waals surface area contributed by atoms with E-state index >= 15 is 0 Å². The maximum absolute atomic E-state index is 13.2. The molecule has 15 nitrogen and oxygen atoms in total. The molecule has 4 atom stereocenters. The summed E-state index contributed by atoms with van der Waals surface area (Å²) in [5.74, 6) is -5.74.